The SMILES string of the molecule is C=CCC(=O)C1CC12CCNCC2. The summed E-state index contributed by atoms with van der Waals surface area (Å²) >= 11 is 0. The summed E-state index contributed by atoms with van der Waals surface area (Å²) < 4.78 is 0. The van der Waals surface area contributed by atoms with Crippen molar-refractivity contribution in [3.05, 3.63) is 12.7 Å². The lowest BCUT2D eigenvalue weighted by Crippen LogP contribution is -2.30. The molecule has 1 atom stereocenters. The second-order valence-electron chi connectivity index (χ2n) is 4.33. The van der Waals surface area contributed by atoms with Crippen molar-refractivity contribution >= 4 is 5.78 Å². The van der Waals surface area contributed by atoms with Crippen LogP contribution in [-0.2, 0) is 4.79 Å². The highest BCUT2D eigenvalue weighted by Gasteiger charge is 2.56. The molecule has 13 heavy (non-hydrogen) atoms. The van der Waals surface area contributed by atoms with E-state index in [0.29, 0.717) is 23.5 Å². The summed E-state index contributed by atoms with van der Waals surface area (Å²) in [7, 11) is 0. The third-order valence-electron chi connectivity index (χ3n) is 3.52. The molecule has 2 fully saturated rings. The number of nitrogens with one attached hydrogen (secondary N) is 1. The number of hydrogen-bond donors (Lipinski definition) is 1. The fourth-order valence-corrected chi connectivity index (χ4v) is 2.56. The van der Waals surface area contributed by atoms with Gasteiger partial charge in [0.15, 0.2) is 0 Å². The maximum absolute atomic E-state index is 11.6. The van der Waals surface area contributed by atoms with Crippen molar-refractivity contribution in [2.24, 2.45) is 11.3 Å². The fourth-order valence-electron chi connectivity index (χ4n) is 2.56. The van der Waals surface area contributed by atoms with Crippen molar-refractivity contribution in [2.45, 2.75) is 25.7 Å². The van der Waals surface area contributed by atoms with Crippen molar-refractivity contribution in [1.29, 1.82) is 0 Å². The zero-order chi connectivity index (χ0) is 9.31. The van der Waals surface area contributed by atoms with Gasteiger partial charge in [0.2, 0.25) is 0 Å². The molecular formula is C11H17NO. The molecule has 1 unspecified atom stereocenters. The summed E-state index contributed by atoms with van der Waals surface area (Å²) in [5.41, 5.74) is 0.408. The third kappa shape index (κ3) is 1.55. The first-order chi connectivity index (χ1) is 6.28. The van der Waals surface area contributed by atoms with Crippen LogP contribution >= 0.6 is 0 Å². The third-order valence-corrected chi connectivity index (χ3v) is 3.52. The Kier molecular flexibility index (Phi) is 2.24. The lowest BCUT2D eigenvalue weighted by molar-refractivity contribution is -0.120. The molecule has 0 bridgehead atoms. The number of allylic oxidation sites excluding steroid dienone is 1. The van der Waals surface area contributed by atoms with E-state index in [1.807, 2.05) is 0 Å². The van der Waals surface area contributed by atoms with Gasteiger partial charge in [0.05, 0.1) is 0 Å². The van der Waals surface area contributed by atoms with Crippen LogP contribution in [0.3, 0.4) is 0 Å². The van der Waals surface area contributed by atoms with Gasteiger partial charge in [-0.25, -0.2) is 0 Å². The largest absolute Gasteiger partial charge is 0.317 e. The summed E-state index contributed by atoms with van der Waals surface area (Å²) in [5, 5.41) is 3.34. The molecule has 2 nitrogen and oxygen atoms in total. The topological polar surface area (TPSA) is 29.1 Å². The zero-order valence-corrected chi connectivity index (χ0v) is 8.01. The van der Waals surface area contributed by atoms with E-state index in [0.717, 1.165) is 19.5 Å². The summed E-state index contributed by atoms with van der Waals surface area (Å²) in [5.74, 6) is 0.782. The van der Waals surface area contributed by atoms with E-state index in [1.165, 1.54) is 12.8 Å². The fraction of sp³-hybridized carbons (Fsp3) is 0.727. The molecule has 1 aliphatic carbocycles. The lowest BCUT2D eigenvalue weighted by atomic mass is 9.90. The Bertz CT molecular complexity index is 228. The number of rotatable bonds is 3. The van der Waals surface area contributed by atoms with Crippen molar-refractivity contribution in [3.63, 3.8) is 0 Å². The summed E-state index contributed by atoms with van der Waals surface area (Å²) in [6.45, 7) is 5.80. The van der Waals surface area contributed by atoms with Crippen LogP contribution in [-0.4, -0.2) is 18.9 Å². The molecule has 72 valence electrons. The van der Waals surface area contributed by atoms with Crippen molar-refractivity contribution in [2.75, 3.05) is 13.1 Å². The summed E-state index contributed by atoms with van der Waals surface area (Å²) in [4.78, 5) is 11.6. The number of Topliss-reactive ketones (excluding diaryl/α,β-unsaturated/α-hetero) is 1. The van der Waals surface area contributed by atoms with Crippen LogP contribution in [0.25, 0.3) is 0 Å². The Morgan fingerprint density at radius 2 is 2.23 bits per heavy atom. The van der Waals surface area contributed by atoms with Gasteiger partial charge >= 0.3 is 0 Å². The average Bonchev–Trinajstić information content (AvgIpc) is 2.81. The molecule has 1 heterocycles. The number of carbonyl (C=O) groups is 1. The zero-order valence-electron chi connectivity index (χ0n) is 8.01. The standard InChI is InChI=1S/C11H17NO/c1-2-3-10(13)9-8-11(9)4-6-12-7-5-11/h2,9,12H,1,3-8H2. The van der Waals surface area contributed by atoms with Gasteiger partial charge in [-0.15, -0.1) is 6.58 Å². The minimum atomic E-state index is 0.368. The smallest absolute Gasteiger partial charge is 0.140 e. The van der Waals surface area contributed by atoms with E-state index in [4.69, 9.17) is 0 Å². The van der Waals surface area contributed by atoms with Gasteiger partial charge in [0.1, 0.15) is 5.78 Å². The first-order valence-corrected chi connectivity index (χ1v) is 5.13. The van der Waals surface area contributed by atoms with Crippen molar-refractivity contribution < 1.29 is 4.79 Å². The Morgan fingerprint density at radius 1 is 1.54 bits per heavy atom. The molecule has 0 aromatic carbocycles. The highest BCUT2D eigenvalue weighted by molar-refractivity contribution is 5.85. The molecule has 1 saturated heterocycles. The summed E-state index contributed by atoms with van der Waals surface area (Å²) in [6, 6.07) is 0. The molecule has 1 saturated carbocycles. The second-order valence-corrected chi connectivity index (χ2v) is 4.33. The Morgan fingerprint density at radius 3 is 2.85 bits per heavy atom. The molecule has 0 amide bonds. The van der Waals surface area contributed by atoms with Gasteiger partial charge in [0, 0.05) is 12.3 Å². The Hall–Kier alpha value is -0.630. The van der Waals surface area contributed by atoms with Crippen LogP contribution in [0.1, 0.15) is 25.7 Å². The lowest BCUT2D eigenvalue weighted by Gasteiger charge is -2.22. The van der Waals surface area contributed by atoms with Crippen LogP contribution < -0.4 is 5.32 Å². The van der Waals surface area contributed by atoms with Crippen LogP contribution in [0.5, 0.6) is 0 Å². The van der Waals surface area contributed by atoms with Gasteiger partial charge in [0.25, 0.3) is 0 Å². The molecule has 2 rings (SSSR count). The number of carbonyl (C=O) groups excluding carboxylic acids is 1. The van der Waals surface area contributed by atoms with Gasteiger partial charge in [-0.2, -0.15) is 0 Å². The van der Waals surface area contributed by atoms with Gasteiger partial charge < -0.3 is 5.32 Å². The van der Waals surface area contributed by atoms with Crippen LogP contribution in [0.2, 0.25) is 0 Å². The molecule has 1 N–H and O–H groups in total. The minimum Gasteiger partial charge on any atom is -0.317 e. The number of ketones is 1. The van der Waals surface area contributed by atoms with E-state index in [-0.39, 0.29) is 0 Å². The quantitative estimate of drug-likeness (QED) is 0.665. The number of piperidine rings is 1. The Labute approximate surface area is 79.4 Å². The van der Waals surface area contributed by atoms with E-state index in [1.54, 1.807) is 6.08 Å². The minimum absolute atomic E-state index is 0.368. The van der Waals surface area contributed by atoms with Crippen molar-refractivity contribution in [3.8, 4) is 0 Å². The molecule has 2 heteroatoms. The summed E-state index contributed by atoms with van der Waals surface area (Å²) in [6.07, 6.45) is 5.83. The molecule has 0 aromatic rings. The van der Waals surface area contributed by atoms with Gasteiger partial charge in [-0.1, -0.05) is 6.08 Å². The van der Waals surface area contributed by atoms with Crippen molar-refractivity contribution in [1.82, 2.24) is 5.32 Å². The maximum Gasteiger partial charge on any atom is 0.140 e. The van der Waals surface area contributed by atoms with E-state index < -0.39 is 0 Å². The van der Waals surface area contributed by atoms with Gasteiger partial charge in [-0.3, -0.25) is 4.79 Å². The maximum atomic E-state index is 11.6. The predicted octanol–water partition coefficient (Wildman–Crippen LogP) is 1.52. The second kappa shape index (κ2) is 3.26. The molecule has 2 aliphatic rings. The van der Waals surface area contributed by atoms with E-state index in [9.17, 15) is 4.79 Å². The monoisotopic (exact) mass is 179 g/mol. The first-order valence-electron chi connectivity index (χ1n) is 5.13. The molecule has 0 radical (unpaired) electrons. The molecule has 1 aliphatic heterocycles. The molecule has 1 spiro atoms. The van der Waals surface area contributed by atoms with E-state index >= 15 is 0 Å². The normalized spacial score (nSPS) is 30.0. The van der Waals surface area contributed by atoms with E-state index in [2.05, 4.69) is 11.9 Å². The Balaban J connectivity index is 1.91. The van der Waals surface area contributed by atoms with Crippen LogP contribution in [0, 0.1) is 11.3 Å². The molecule has 0 aromatic heterocycles. The predicted molar refractivity (Wildman–Crippen MR) is 52.5 cm³/mol. The van der Waals surface area contributed by atoms with Gasteiger partial charge in [-0.05, 0) is 37.8 Å². The molecular weight excluding hydrogens is 162 g/mol. The highest BCUT2D eigenvalue weighted by atomic mass is 16.1. The first kappa shape index (κ1) is 8.95. The van der Waals surface area contributed by atoms with Crippen LogP contribution in [0.4, 0.5) is 0 Å². The number of hydrogen-bond acceptors (Lipinski definition) is 2. The highest BCUT2D eigenvalue weighted by Crippen LogP contribution is 2.59. The average molecular weight is 179 g/mol. The van der Waals surface area contributed by atoms with Crippen LogP contribution in [0.15, 0.2) is 12.7 Å².